The summed E-state index contributed by atoms with van der Waals surface area (Å²) in [4.78, 5) is 5.05. The lowest BCUT2D eigenvalue weighted by atomic mass is 9.80. The van der Waals surface area contributed by atoms with E-state index >= 15 is 0 Å². The van der Waals surface area contributed by atoms with Gasteiger partial charge in [-0.15, -0.1) is 0 Å². The van der Waals surface area contributed by atoms with E-state index in [0.29, 0.717) is 11.8 Å². The highest BCUT2D eigenvalue weighted by Crippen LogP contribution is 2.53. The van der Waals surface area contributed by atoms with Gasteiger partial charge in [0.1, 0.15) is 0 Å². The largest absolute Gasteiger partial charge is 0.314 e. The summed E-state index contributed by atoms with van der Waals surface area (Å²) in [5.74, 6) is 0.658. The van der Waals surface area contributed by atoms with Crippen molar-refractivity contribution in [2.75, 3.05) is 9.80 Å². The summed E-state index contributed by atoms with van der Waals surface area (Å²) in [7, 11) is 0. The number of anilines is 4. The molecule has 0 aromatic heterocycles. The minimum absolute atomic E-state index is 0.195. The van der Waals surface area contributed by atoms with Crippen molar-refractivity contribution in [3.63, 3.8) is 0 Å². The fourth-order valence-corrected chi connectivity index (χ4v) is 14.9. The van der Waals surface area contributed by atoms with Gasteiger partial charge in [0, 0.05) is 51.4 Å². The van der Waals surface area contributed by atoms with Gasteiger partial charge >= 0.3 is 0 Å². The van der Waals surface area contributed by atoms with Gasteiger partial charge in [0.2, 0.25) is 0 Å². The van der Waals surface area contributed by atoms with Crippen molar-refractivity contribution < 1.29 is 0 Å². The Bertz CT molecular complexity index is 5140. The molecule has 87 heavy (non-hydrogen) atoms. The fourth-order valence-electron chi connectivity index (χ4n) is 14.9. The summed E-state index contributed by atoms with van der Waals surface area (Å²) in [5, 5.41) is 12.2. The predicted molar refractivity (Wildman–Crippen MR) is 370 cm³/mol. The van der Waals surface area contributed by atoms with Crippen LogP contribution in [0.3, 0.4) is 0 Å². The number of allylic oxidation sites excluding steroid dienone is 15. The van der Waals surface area contributed by atoms with Gasteiger partial charge in [-0.05, 0) is 206 Å². The molecule has 0 bridgehead atoms. The molecular formula is C85H62N2. The third-order valence-electron chi connectivity index (χ3n) is 19.4. The van der Waals surface area contributed by atoms with Crippen molar-refractivity contribution in [3.05, 3.63) is 337 Å². The Morgan fingerprint density at radius 2 is 0.885 bits per heavy atom. The molecule has 5 aliphatic rings. The van der Waals surface area contributed by atoms with Crippen LogP contribution in [0.1, 0.15) is 37.8 Å². The molecule has 0 N–H and O–H groups in total. The molecule has 5 aliphatic carbocycles. The average Bonchev–Trinajstić information content (AvgIpc) is 1.82. The topological polar surface area (TPSA) is 6.48 Å². The van der Waals surface area contributed by atoms with Crippen molar-refractivity contribution in [2.45, 2.75) is 32.1 Å². The molecule has 12 aromatic rings. The molecule has 412 valence electrons. The van der Waals surface area contributed by atoms with Crippen LogP contribution in [0.25, 0.3) is 98.4 Å². The van der Waals surface area contributed by atoms with Crippen molar-refractivity contribution >= 4 is 76.6 Å². The highest BCUT2D eigenvalue weighted by Gasteiger charge is 2.36. The van der Waals surface area contributed by atoms with Crippen molar-refractivity contribution in [2.24, 2.45) is 11.8 Å². The summed E-state index contributed by atoms with van der Waals surface area (Å²) < 4.78 is 0. The average molecular weight is 1110 g/mol. The highest BCUT2D eigenvalue weighted by molar-refractivity contribution is 6.23. The normalized spacial score (nSPS) is 16.9. The molecule has 0 spiro atoms. The monoisotopic (exact) mass is 1110 g/mol. The second kappa shape index (κ2) is 20.3. The minimum Gasteiger partial charge on any atom is -0.314 e. The minimum atomic E-state index is -0.195. The number of hydrogen-bond acceptors (Lipinski definition) is 2. The first kappa shape index (κ1) is 50.9. The third kappa shape index (κ3) is 8.61. The van der Waals surface area contributed by atoms with Crippen LogP contribution in [0.5, 0.6) is 0 Å². The molecule has 2 unspecified atom stereocenters. The number of benzene rings is 12. The molecule has 0 amide bonds. The van der Waals surface area contributed by atoms with E-state index in [1.165, 1.54) is 132 Å². The van der Waals surface area contributed by atoms with Crippen LogP contribution in [0.2, 0.25) is 0 Å². The Balaban J connectivity index is 0.947. The number of fused-ring (bicyclic) bond motifs is 10. The Morgan fingerprint density at radius 1 is 0.368 bits per heavy atom. The molecule has 0 saturated carbocycles. The Kier molecular flexibility index (Phi) is 11.9. The summed E-state index contributed by atoms with van der Waals surface area (Å²) in [6.45, 7) is 4.81. The molecular weight excluding hydrogens is 1050 g/mol. The first-order valence-corrected chi connectivity index (χ1v) is 30.8. The summed E-state index contributed by atoms with van der Waals surface area (Å²) in [5.41, 5.74) is 22.1. The lowest BCUT2D eigenvalue weighted by molar-refractivity contribution is 0.660. The molecule has 0 heterocycles. The van der Waals surface area contributed by atoms with Gasteiger partial charge in [-0.1, -0.05) is 244 Å². The van der Waals surface area contributed by atoms with E-state index in [9.17, 15) is 0 Å². The van der Waals surface area contributed by atoms with Crippen LogP contribution in [-0.4, -0.2) is 0 Å². The van der Waals surface area contributed by atoms with Crippen LogP contribution in [0, 0.1) is 11.8 Å². The van der Waals surface area contributed by atoms with E-state index in [-0.39, 0.29) is 5.41 Å². The zero-order valence-corrected chi connectivity index (χ0v) is 48.8. The predicted octanol–water partition coefficient (Wildman–Crippen LogP) is 22.9. The SMILES string of the molecule is CC1(C)c2ccccc2-c2ccc(-c3c4ccc(N(C5=CCC6C=CC=CC6=C5)c5ccc6ccccc6c5)cc4c(-c4ccc(-c5ccc6ccccc6c5)cc4)c4ccc(N(C5=CC=C6C=CC=CC6C5)c5ccc6ccccc6c5)cc34)cc21. The Labute approximate surface area is 509 Å². The molecule has 0 radical (unpaired) electrons. The van der Waals surface area contributed by atoms with Gasteiger partial charge in [0.25, 0.3) is 0 Å². The third-order valence-corrected chi connectivity index (χ3v) is 19.4. The van der Waals surface area contributed by atoms with Gasteiger partial charge < -0.3 is 9.80 Å². The zero-order chi connectivity index (χ0) is 57.7. The highest BCUT2D eigenvalue weighted by atomic mass is 15.2. The smallest absolute Gasteiger partial charge is 0.0468 e. The van der Waals surface area contributed by atoms with Crippen LogP contribution in [0.15, 0.2) is 326 Å². The molecule has 0 fully saturated rings. The maximum Gasteiger partial charge on any atom is 0.0468 e. The van der Waals surface area contributed by atoms with E-state index in [1.807, 2.05) is 0 Å². The molecule has 2 heteroatoms. The Hall–Kier alpha value is -10.5. The fraction of sp³-hybridized carbons (Fsp3) is 0.0824. The van der Waals surface area contributed by atoms with Gasteiger partial charge in [-0.3, -0.25) is 0 Å². The Morgan fingerprint density at radius 3 is 1.59 bits per heavy atom. The lowest BCUT2D eigenvalue weighted by Gasteiger charge is -2.33. The zero-order valence-electron chi connectivity index (χ0n) is 48.8. The maximum absolute atomic E-state index is 2.54. The molecule has 0 aliphatic heterocycles. The van der Waals surface area contributed by atoms with E-state index in [2.05, 4.69) is 327 Å². The molecule has 17 rings (SSSR count). The quantitative estimate of drug-likeness (QED) is 0.133. The molecule has 0 saturated heterocycles. The first-order valence-electron chi connectivity index (χ1n) is 30.8. The van der Waals surface area contributed by atoms with Gasteiger partial charge in [0.05, 0.1) is 0 Å². The van der Waals surface area contributed by atoms with E-state index in [0.717, 1.165) is 35.6 Å². The first-order chi connectivity index (χ1) is 42.8. The number of hydrogen-bond donors (Lipinski definition) is 0. The van der Waals surface area contributed by atoms with Crippen molar-refractivity contribution in [3.8, 4) is 44.5 Å². The van der Waals surface area contributed by atoms with E-state index in [1.54, 1.807) is 0 Å². The second-order valence-corrected chi connectivity index (χ2v) is 24.8. The molecule has 2 atom stereocenters. The van der Waals surface area contributed by atoms with E-state index < -0.39 is 0 Å². The summed E-state index contributed by atoms with van der Waals surface area (Å²) in [6, 6.07) is 87.4. The van der Waals surface area contributed by atoms with E-state index in [4.69, 9.17) is 0 Å². The lowest BCUT2D eigenvalue weighted by Crippen LogP contribution is -2.21. The number of nitrogens with zero attached hydrogens (tertiary/aromatic N) is 2. The van der Waals surface area contributed by atoms with Gasteiger partial charge in [0.15, 0.2) is 0 Å². The van der Waals surface area contributed by atoms with Crippen LogP contribution >= 0.6 is 0 Å². The van der Waals surface area contributed by atoms with Gasteiger partial charge in [-0.2, -0.15) is 0 Å². The standard InChI is InChI=1S/C85H62N2/c1-85(2)81-26-14-13-25-75(81)76-44-37-68(52-82(76)85)84-78-46-43-73(86(69-38-33-56-16-4-9-21-63(56)48-69)70-39-34-57-17-5-10-22-64(57)49-70)53-79(78)83(61-30-27-60(28-31-61)67-32-29-55-15-3-8-20-62(55)47-67)77-45-42-74(54-80(77)84)87(71-40-35-58-18-6-11-23-65(58)50-71)72-41-36-59-19-7-12-24-66(59)51-72/h3-33,35-50,52-54,57,66H,34,51H2,1-2H3. The van der Waals surface area contributed by atoms with Gasteiger partial charge in [-0.25, -0.2) is 0 Å². The van der Waals surface area contributed by atoms with Crippen molar-refractivity contribution in [1.82, 2.24) is 0 Å². The number of rotatable bonds is 9. The van der Waals surface area contributed by atoms with Crippen molar-refractivity contribution in [1.29, 1.82) is 0 Å². The maximum atomic E-state index is 2.54. The summed E-state index contributed by atoms with van der Waals surface area (Å²) >= 11 is 0. The summed E-state index contributed by atoms with van der Waals surface area (Å²) in [6.07, 6.45) is 29.4. The van der Waals surface area contributed by atoms with Crippen LogP contribution in [0.4, 0.5) is 22.7 Å². The van der Waals surface area contributed by atoms with Crippen LogP contribution in [-0.2, 0) is 5.41 Å². The molecule has 2 nitrogen and oxygen atoms in total. The van der Waals surface area contributed by atoms with Crippen LogP contribution < -0.4 is 9.80 Å². The second-order valence-electron chi connectivity index (χ2n) is 24.8. The molecule has 12 aromatic carbocycles.